The van der Waals surface area contributed by atoms with Gasteiger partial charge in [0, 0.05) is 11.3 Å². The molecule has 0 bridgehead atoms. The van der Waals surface area contributed by atoms with Crippen LogP contribution in [0.25, 0.3) is 11.4 Å². The monoisotopic (exact) mass is 190 g/mol. The Hall–Kier alpha value is -1.71. The summed E-state index contributed by atoms with van der Waals surface area (Å²) in [5.41, 5.74) is 9.89. The normalized spacial score (nSPS) is 10.7. The predicted octanol–water partition coefficient (Wildman–Crippen LogP) is 1.86. The number of hydrogen-bond donors (Lipinski definition) is 3. The number of aryl methyl sites for hydroxylation is 1. The Morgan fingerprint density at radius 1 is 1.43 bits per heavy atom. The molecule has 14 heavy (non-hydrogen) atoms. The van der Waals surface area contributed by atoms with E-state index >= 15 is 0 Å². The maximum Gasteiger partial charge on any atom is 0.148 e. The number of nitrogens with zero attached hydrogens (tertiary/aromatic N) is 1. The number of nitrogen functional groups attached to an aromatic ring is 1. The van der Waals surface area contributed by atoms with Gasteiger partial charge in [0.25, 0.3) is 0 Å². The second-order valence-corrected chi connectivity index (χ2v) is 3.36. The highest BCUT2D eigenvalue weighted by atomic mass is 15.2. The summed E-state index contributed by atoms with van der Waals surface area (Å²) in [4.78, 5) is 3.31. The highest BCUT2D eigenvalue weighted by Crippen LogP contribution is 2.23. The Bertz CT molecular complexity index is 439. The van der Waals surface area contributed by atoms with Gasteiger partial charge in [-0.3, -0.25) is 5.10 Å². The summed E-state index contributed by atoms with van der Waals surface area (Å²) in [6.45, 7) is 4.07. The number of rotatable bonds is 2. The van der Waals surface area contributed by atoms with Crippen LogP contribution < -0.4 is 5.73 Å². The molecule has 4 N–H and O–H groups in total. The first-order chi connectivity index (χ1) is 6.72. The molecule has 2 aromatic heterocycles. The van der Waals surface area contributed by atoms with Crippen LogP contribution in [0.3, 0.4) is 0 Å². The average molecular weight is 190 g/mol. The number of nitrogens with two attached hydrogens (primary N) is 1. The molecule has 0 aliphatic carbocycles. The lowest BCUT2D eigenvalue weighted by Gasteiger charge is -1.95. The maximum absolute atomic E-state index is 5.66. The van der Waals surface area contributed by atoms with E-state index in [4.69, 9.17) is 5.73 Å². The molecule has 0 aromatic carbocycles. The van der Waals surface area contributed by atoms with E-state index in [9.17, 15) is 0 Å². The van der Waals surface area contributed by atoms with Crippen LogP contribution in [0.4, 0.5) is 5.82 Å². The van der Waals surface area contributed by atoms with Crippen molar-refractivity contribution in [3.63, 3.8) is 0 Å². The van der Waals surface area contributed by atoms with Crippen molar-refractivity contribution in [3.05, 3.63) is 23.4 Å². The summed E-state index contributed by atoms with van der Waals surface area (Å²) >= 11 is 0. The summed E-state index contributed by atoms with van der Waals surface area (Å²) in [7, 11) is 0. The highest BCUT2D eigenvalue weighted by Gasteiger charge is 2.09. The van der Waals surface area contributed by atoms with Crippen LogP contribution in [0.1, 0.15) is 18.2 Å². The second kappa shape index (κ2) is 3.21. The minimum absolute atomic E-state index is 0.563. The summed E-state index contributed by atoms with van der Waals surface area (Å²) in [5, 5.41) is 6.88. The molecule has 0 spiro atoms. The standard InChI is InChI=1S/C10H14N4/c1-3-7-4-5-8(12-7)9-6(2)10(11)14-13-9/h4-5,12H,3H2,1-2H3,(H3,11,13,14). The first-order valence-electron chi connectivity index (χ1n) is 4.71. The third-order valence-corrected chi connectivity index (χ3v) is 2.44. The molecule has 0 saturated heterocycles. The van der Waals surface area contributed by atoms with Crippen molar-refractivity contribution in [2.75, 3.05) is 5.73 Å². The summed E-state index contributed by atoms with van der Waals surface area (Å²) < 4.78 is 0. The van der Waals surface area contributed by atoms with Crippen LogP contribution in [-0.2, 0) is 6.42 Å². The van der Waals surface area contributed by atoms with Gasteiger partial charge in [0.2, 0.25) is 0 Å². The molecule has 0 saturated carbocycles. The van der Waals surface area contributed by atoms with Gasteiger partial charge < -0.3 is 10.7 Å². The van der Waals surface area contributed by atoms with Gasteiger partial charge in [0.1, 0.15) is 5.82 Å². The fraction of sp³-hybridized carbons (Fsp3) is 0.300. The molecule has 0 radical (unpaired) electrons. The molecule has 4 nitrogen and oxygen atoms in total. The Morgan fingerprint density at radius 3 is 2.71 bits per heavy atom. The maximum atomic E-state index is 5.66. The lowest BCUT2D eigenvalue weighted by Crippen LogP contribution is -1.86. The third kappa shape index (κ3) is 1.28. The Kier molecular flexibility index (Phi) is 2.04. The molecule has 74 valence electrons. The summed E-state index contributed by atoms with van der Waals surface area (Å²) in [6.07, 6.45) is 1.00. The van der Waals surface area contributed by atoms with E-state index in [1.807, 2.05) is 13.0 Å². The SMILES string of the molecule is CCc1ccc(-c2[nH]nc(N)c2C)[nH]1. The first-order valence-corrected chi connectivity index (χ1v) is 4.71. The van der Waals surface area contributed by atoms with Crippen molar-refractivity contribution >= 4 is 5.82 Å². The van der Waals surface area contributed by atoms with Crippen molar-refractivity contribution in [2.24, 2.45) is 0 Å². The Labute approximate surface area is 82.5 Å². The van der Waals surface area contributed by atoms with Crippen LogP contribution >= 0.6 is 0 Å². The number of nitrogens with one attached hydrogen (secondary N) is 2. The number of aromatic amines is 2. The van der Waals surface area contributed by atoms with Crippen molar-refractivity contribution in [2.45, 2.75) is 20.3 Å². The van der Waals surface area contributed by atoms with Gasteiger partial charge in [-0.15, -0.1) is 0 Å². The van der Waals surface area contributed by atoms with E-state index in [1.54, 1.807) is 0 Å². The van der Waals surface area contributed by atoms with Gasteiger partial charge in [0.15, 0.2) is 0 Å². The van der Waals surface area contributed by atoms with Crippen molar-refractivity contribution < 1.29 is 0 Å². The molecule has 0 fully saturated rings. The van der Waals surface area contributed by atoms with Crippen LogP contribution in [0, 0.1) is 6.92 Å². The average Bonchev–Trinajstić information content (AvgIpc) is 2.75. The lowest BCUT2D eigenvalue weighted by molar-refractivity contribution is 1.05. The number of H-pyrrole nitrogens is 2. The molecule has 2 rings (SSSR count). The third-order valence-electron chi connectivity index (χ3n) is 2.44. The lowest BCUT2D eigenvalue weighted by atomic mass is 10.2. The van der Waals surface area contributed by atoms with Gasteiger partial charge >= 0.3 is 0 Å². The minimum Gasteiger partial charge on any atom is -0.382 e. The molecule has 0 aliphatic heterocycles. The highest BCUT2D eigenvalue weighted by molar-refractivity contribution is 5.64. The second-order valence-electron chi connectivity index (χ2n) is 3.36. The molecule has 0 atom stereocenters. The Balaban J connectivity index is 2.44. The zero-order valence-corrected chi connectivity index (χ0v) is 8.39. The smallest absolute Gasteiger partial charge is 0.148 e. The summed E-state index contributed by atoms with van der Waals surface area (Å²) in [5.74, 6) is 0.563. The van der Waals surface area contributed by atoms with E-state index in [0.29, 0.717) is 5.82 Å². The molecule has 0 aliphatic rings. The molecule has 2 heterocycles. The van der Waals surface area contributed by atoms with Crippen molar-refractivity contribution in [3.8, 4) is 11.4 Å². The zero-order valence-electron chi connectivity index (χ0n) is 8.39. The largest absolute Gasteiger partial charge is 0.382 e. The molecule has 0 unspecified atom stereocenters. The van der Waals surface area contributed by atoms with E-state index in [2.05, 4.69) is 28.2 Å². The van der Waals surface area contributed by atoms with Gasteiger partial charge in [-0.25, -0.2) is 0 Å². The first kappa shape index (κ1) is 8.87. The quantitative estimate of drug-likeness (QED) is 0.676. The van der Waals surface area contributed by atoms with Gasteiger partial charge in [0.05, 0.1) is 11.4 Å². The molecule has 2 aromatic rings. The fourth-order valence-corrected chi connectivity index (χ4v) is 1.47. The van der Waals surface area contributed by atoms with Gasteiger partial charge in [-0.05, 0) is 25.5 Å². The van der Waals surface area contributed by atoms with Crippen LogP contribution in [0.5, 0.6) is 0 Å². The minimum atomic E-state index is 0.563. The topological polar surface area (TPSA) is 70.5 Å². The van der Waals surface area contributed by atoms with Crippen LogP contribution in [-0.4, -0.2) is 15.2 Å². The van der Waals surface area contributed by atoms with E-state index in [1.165, 1.54) is 5.69 Å². The summed E-state index contributed by atoms with van der Waals surface area (Å²) in [6, 6.07) is 4.12. The Morgan fingerprint density at radius 2 is 2.21 bits per heavy atom. The number of anilines is 1. The van der Waals surface area contributed by atoms with Crippen molar-refractivity contribution in [1.29, 1.82) is 0 Å². The van der Waals surface area contributed by atoms with E-state index in [0.717, 1.165) is 23.4 Å². The number of hydrogen-bond acceptors (Lipinski definition) is 2. The van der Waals surface area contributed by atoms with Crippen molar-refractivity contribution in [1.82, 2.24) is 15.2 Å². The van der Waals surface area contributed by atoms with E-state index in [-0.39, 0.29) is 0 Å². The van der Waals surface area contributed by atoms with Gasteiger partial charge in [-0.2, -0.15) is 5.10 Å². The molecular weight excluding hydrogens is 176 g/mol. The van der Waals surface area contributed by atoms with Crippen LogP contribution in [0.2, 0.25) is 0 Å². The van der Waals surface area contributed by atoms with Gasteiger partial charge in [-0.1, -0.05) is 6.92 Å². The molecule has 0 amide bonds. The number of aromatic nitrogens is 3. The van der Waals surface area contributed by atoms with E-state index < -0.39 is 0 Å². The fourth-order valence-electron chi connectivity index (χ4n) is 1.47. The van der Waals surface area contributed by atoms with Crippen LogP contribution in [0.15, 0.2) is 12.1 Å². The molecular formula is C10H14N4. The molecule has 4 heteroatoms. The zero-order chi connectivity index (χ0) is 10.1. The predicted molar refractivity (Wildman–Crippen MR) is 56.9 cm³/mol.